The first-order valence-electron chi connectivity index (χ1n) is 9.57. The van der Waals surface area contributed by atoms with E-state index in [1.165, 1.54) is 23.2 Å². The molecule has 0 amide bonds. The Morgan fingerprint density at radius 3 is 2.52 bits per heavy atom. The van der Waals surface area contributed by atoms with Crippen LogP contribution in [0.25, 0.3) is 0 Å². The van der Waals surface area contributed by atoms with Crippen LogP contribution in [0.1, 0.15) is 29.7 Å². The van der Waals surface area contributed by atoms with Crippen LogP contribution < -0.4 is 10.7 Å². The van der Waals surface area contributed by atoms with Gasteiger partial charge in [0.05, 0.1) is 5.69 Å². The molecule has 27 heavy (non-hydrogen) atoms. The molecular formula is C20H25BrN4OS. The van der Waals surface area contributed by atoms with E-state index < -0.39 is 0 Å². The predicted octanol–water partition coefficient (Wildman–Crippen LogP) is 3.06. The molecule has 1 saturated heterocycles. The standard InChI is InChI=1S/C20H25BrN4OS/c1-23-10-12-24(13-11-23)25-18-5-3-2-4-17(18)19(22-20(25)26)27-14-15-6-8-16(21)9-7-15/h6-9H,2-5,10-14H2,1H3. The molecule has 2 heterocycles. The van der Waals surface area contributed by atoms with Gasteiger partial charge in [-0.2, -0.15) is 4.98 Å². The van der Waals surface area contributed by atoms with E-state index >= 15 is 0 Å². The second-order valence-corrected chi connectivity index (χ2v) is 9.20. The summed E-state index contributed by atoms with van der Waals surface area (Å²) in [6.07, 6.45) is 4.34. The van der Waals surface area contributed by atoms with Gasteiger partial charge in [0.15, 0.2) is 0 Å². The Hall–Kier alpha value is -1.31. The summed E-state index contributed by atoms with van der Waals surface area (Å²) in [7, 11) is 2.13. The molecular weight excluding hydrogens is 424 g/mol. The molecule has 0 saturated carbocycles. The maximum absolute atomic E-state index is 12.9. The molecule has 0 atom stereocenters. The summed E-state index contributed by atoms with van der Waals surface area (Å²) in [5, 5.41) is 3.13. The van der Waals surface area contributed by atoms with Crippen LogP contribution in [0, 0.1) is 0 Å². The van der Waals surface area contributed by atoms with Crippen molar-refractivity contribution in [1.82, 2.24) is 14.6 Å². The van der Waals surface area contributed by atoms with Crippen LogP contribution in [-0.4, -0.2) is 47.8 Å². The largest absolute Gasteiger partial charge is 0.367 e. The maximum Gasteiger partial charge on any atom is 0.367 e. The maximum atomic E-state index is 12.9. The number of piperazine rings is 1. The third kappa shape index (κ3) is 4.25. The smallest absolute Gasteiger partial charge is 0.306 e. The molecule has 4 rings (SSSR count). The monoisotopic (exact) mass is 448 g/mol. The van der Waals surface area contributed by atoms with E-state index in [9.17, 15) is 4.79 Å². The van der Waals surface area contributed by atoms with Gasteiger partial charge in [0.25, 0.3) is 0 Å². The zero-order valence-electron chi connectivity index (χ0n) is 15.7. The molecule has 1 aromatic carbocycles. The number of likely N-dealkylation sites (N-methyl/N-ethyl adjacent to an activating group) is 1. The molecule has 0 N–H and O–H groups in total. The zero-order valence-corrected chi connectivity index (χ0v) is 18.1. The van der Waals surface area contributed by atoms with E-state index in [-0.39, 0.29) is 5.69 Å². The highest BCUT2D eigenvalue weighted by molar-refractivity contribution is 9.10. The van der Waals surface area contributed by atoms with Gasteiger partial charge in [0.2, 0.25) is 0 Å². The molecule has 0 unspecified atom stereocenters. The Balaban J connectivity index is 1.62. The van der Waals surface area contributed by atoms with Crippen LogP contribution >= 0.6 is 27.7 Å². The summed E-state index contributed by atoms with van der Waals surface area (Å²) in [6, 6.07) is 8.36. The van der Waals surface area contributed by atoms with Gasteiger partial charge in [0.1, 0.15) is 5.03 Å². The molecule has 2 aliphatic rings. The van der Waals surface area contributed by atoms with Crippen LogP contribution in [0.4, 0.5) is 0 Å². The molecule has 1 aliphatic carbocycles. The van der Waals surface area contributed by atoms with Crippen LogP contribution in [-0.2, 0) is 18.6 Å². The number of hydrogen-bond acceptors (Lipinski definition) is 5. The zero-order chi connectivity index (χ0) is 18.8. The molecule has 2 aromatic rings. The van der Waals surface area contributed by atoms with Crippen LogP contribution in [0.2, 0.25) is 0 Å². The van der Waals surface area contributed by atoms with E-state index in [1.807, 2.05) is 4.68 Å². The summed E-state index contributed by atoms with van der Waals surface area (Å²) in [5.41, 5.74) is 3.63. The van der Waals surface area contributed by atoms with Gasteiger partial charge in [0, 0.05) is 42.0 Å². The molecule has 144 valence electrons. The molecule has 1 fully saturated rings. The highest BCUT2D eigenvalue weighted by Crippen LogP contribution is 2.30. The van der Waals surface area contributed by atoms with E-state index in [0.29, 0.717) is 0 Å². The molecule has 0 bridgehead atoms. The molecule has 0 radical (unpaired) electrons. The van der Waals surface area contributed by atoms with Crippen molar-refractivity contribution < 1.29 is 0 Å². The fourth-order valence-electron chi connectivity index (χ4n) is 3.81. The Morgan fingerprint density at radius 1 is 1.07 bits per heavy atom. The van der Waals surface area contributed by atoms with Crippen molar-refractivity contribution >= 4 is 27.7 Å². The number of fused-ring (bicyclic) bond motifs is 1. The van der Waals surface area contributed by atoms with Crippen molar-refractivity contribution in [1.29, 1.82) is 0 Å². The number of hydrogen-bond donors (Lipinski definition) is 0. The molecule has 7 heteroatoms. The average molecular weight is 449 g/mol. The molecule has 5 nitrogen and oxygen atoms in total. The average Bonchev–Trinajstić information content (AvgIpc) is 2.68. The van der Waals surface area contributed by atoms with Gasteiger partial charge in [-0.15, -0.1) is 11.8 Å². The minimum Gasteiger partial charge on any atom is -0.306 e. The summed E-state index contributed by atoms with van der Waals surface area (Å²) in [6.45, 7) is 3.74. The molecule has 0 spiro atoms. The van der Waals surface area contributed by atoms with Crippen molar-refractivity contribution in [2.45, 2.75) is 36.5 Å². The van der Waals surface area contributed by atoms with Gasteiger partial charge < -0.3 is 9.91 Å². The van der Waals surface area contributed by atoms with E-state index in [4.69, 9.17) is 0 Å². The lowest BCUT2D eigenvalue weighted by molar-refractivity contribution is 0.281. The Bertz CT molecular complexity index is 860. The van der Waals surface area contributed by atoms with Gasteiger partial charge >= 0.3 is 5.69 Å². The minimum absolute atomic E-state index is 0.112. The lowest BCUT2D eigenvalue weighted by Gasteiger charge is -2.37. The minimum atomic E-state index is -0.112. The third-order valence-corrected chi connectivity index (χ3v) is 7.00. The lowest BCUT2D eigenvalue weighted by atomic mass is 9.97. The Kier molecular flexibility index (Phi) is 5.90. The highest BCUT2D eigenvalue weighted by Gasteiger charge is 2.25. The quantitative estimate of drug-likeness (QED) is 0.530. The fourth-order valence-corrected chi connectivity index (χ4v) is 5.11. The Labute approximate surface area is 172 Å². The number of rotatable bonds is 4. The van der Waals surface area contributed by atoms with Gasteiger partial charge in [-0.1, -0.05) is 28.1 Å². The molecule has 1 aromatic heterocycles. The van der Waals surface area contributed by atoms with Gasteiger partial charge in [-0.25, -0.2) is 9.47 Å². The van der Waals surface area contributed by atoms with Crippen molar-refractivity contribution in [3.05, 3.63) is 56.0 Å². The van der Waals surface area contributed by atoms with Gasteiger partial charge in [-0.3, -0.25) is 0 Å². The van der Waals surface area contributed by atoms with Crippen LogP contribution in [0.15, 0.2) is 38.6 Å². The topological polar surface area (TPSA) is 41.4 Å². The number of nitrogens with zero attached hydrogens (tertiary/aromatic N) is 4. The summed E-state index contributed by atoms with van der Waals surface area (Å²) < 4.78 is 2.98. The first-order valence-corrected chi connectivity index (χ1v) is 11.4. The lowest BCUT2D eigenvalue weighted by Crippen LogP contribution is -2.54. The van der Waals surface area contributed by atoms with Crippen molar-refractivity contribution in [2.24, 2.45) is 0 Å². The predicted molar refractivity (Wildman–Crippen MR) is 114 cm³/mol. The fraction of sp³-hybridized carbons (Fsp3) is 0.500. The first-order chi connectivity index (χ1) is 13.1. The van der Waals surface area contributed by atoms with Crippen molar-refractivity contribution in [3.63, 3.8) is 0 Å². The van der Waals surface area contributed by atoms with E-state index in [1.54, 1.807) is 11.8 Å². The number of benzene rings is 1. The van der Waals surface area contributed by atoms with Crippen molar-refractivity contribution in [3.8, 4) is 0 Å². The summed E-state index contributed by atoms with van der Waals surface area (Å²) in [5.74, 6) is 0.838. The summed E-state index contributed by atoms with van der Waals surface area (Å²) in [4.78, 5) is 19.8. The SMILES string of the molecule is CN1CCN(n2c3c(c(SCc4ccc(Br)cc4)nc2=O)CCCC3)CC1. The number of aromatic nitrogens is 2. The second-order valence-electron chi connectivity index (χ2n) is 7.32. The van der Waals surface area contributed by atoms with Crippen LogP contribution in [0.3, 0.4) is 0 Å². The highest BCUT2D eigenvalue weighted by atomic mass is 79.9. The van der Waals surface area contributed by atoms with Gasteiger partial charge in [-0.05, 0) is 50.4 Å². The van der Waals surface area contributed by atoms with E-state index in [0.717, 1.165) is 60.7 Å². The van der Waals surface area contributed by atoms with Crippen molar-refractivity contribution in [2.75, 3.05) is 38.2 Å². The molecule has 1 aliphatic heterocycles. The third-order valence-electron chi connectivity index (χ3n) is 5.38. The number of halogens is 1. The first kappa shape index (κ1) is 19.0. The summed E-state index contributed by atoms with van der Waals surface area (Å²) >= 11 is 5.18. The van der Waals surface area contributed by atoms with E-state index in [2.05, 4.69) is 62.1 Å². The second kappa shape index (κ2) is 8.37. The number of thioether (sulfide) groups is 1. The van der Waals surface area contributed by atoms with Crippen LogP contribution in [0.5, 0.6) is 0 Å². The Morgan fingerprint density at radius 2 is 1.78 bits per heavy atom. The normalized spacial score (nSPS) is 17.8.